The Hall–Kier alpha value is -3.97. The largest absolute Gasteiger partial charge is 0.507 e. The lowest BCUT2D eigenvalue weighted by Crippen LogP contribution is -2.32. The number of ether oxygens (including phenoxy) is 1. The van der Waals surface area contributed by atoms with Gasteiger partial charge >= 0.3 is 0 Å². The standard InChI is InChI=1S/C28H29N3O4/c1-30(2)16-7-17-31-25(22-10-6-15-29-18-22)24(27(33)28(31)34)26(32)21-11-13-23(14-12-21)35-19-20-8-4-3-5-9-20/h3-6,8-15,18,25,32H,7,16-17,19H2,1-2H3. The van der Waals surface area contributed by atoms with Gasteiger partial charge in [0.05, 0.1) is 11.6 Å². The minimum atomic E-state index is -0.695. The van der Waals surface area contributed by atoms with Gasteiger partial charge in [0.1, 0.15) is 18.1 Å². The molecule has 0 saturated carbocycles. The van der Waals surface area contributed by atoms with Gasteiger partial charge in [0, 0.05) is 24.5 Å². The van der Waals surface area contributed by atoms with Gasteiger partial charge in [0.2, 0.25) is 0 Å². The maximum absolute atomic E-state index is 13.1. The third-order valence-corrected chi connectivity index (χ3v) is 5.92. The minimum Gasteiger partial charge on any atom is -0.507 e. The van der Waals surface area contributed by atoms with Gasteiger partial charge in [0.15, 0.2) is 0 Å². The van der Waals surface area contributed by atoms with Crippen LogP contribution in [-0.2, 0) is 16.2 Å². The summed E-state index contributed by atoms with van der Waals surface area (Å²) in [5.74, 6) is -0.868. The smallest absolute Gasteiger partial charge is 0.295 e. The Labute approximate surface area is 205 Å². The van der Waals surface area contributed by atoms with E-state index in [1.807, 2.05) is 55.4 Å². The molecule has 4 rings (SSSR count). The Morgan fingerprint density at radius 2 is 1.77 bits per heavy atom. The molecule has 7 heteroatoms. The van der Waals surface area contributed by atoms with Crippen LogP contribution in [0.2, 0.25) is 0 Å². The van der Waals surface area contributed by atoms with Gasteiger partial charge in [-0.2, -0.15) is 0 Å². The Kier molecular flexibility index (Phi) is 7.57. The fraction of sp³-hybridized carbons (Fsp3) is 0.250. The van der Waals surface area contributed by atoms with E-state index in [9.17, 15) is 14.7 Å². The van der Waals surface area contributed by atoms with E-state index in [0.29, 0.717) is 36.4 Å². The molecule has 0 bridgehead atoms. The van der Waals surface area contributed by atoms with Gasteiger partial charge in [-0.05, 0) is 68.5 Å². The summed E-state index contributed by atoms with van der Waals surface area (Å²) in [7, 11) is 3.92. The van der Waals surface area contributed by atoms with E-state index in [0.717, 1.165) is 12.1 Å². The fourth-order valence-electron chi connectivity index (χ4n) is 4.16. The molecule has 1 atom stereocenters. The summed E-state index contributed by atoms with van der Waals surface area (Å²) in [5.41, 5.74) is 2.24. The Balaban J connectivity index is 1.61. The molecule has 3 aromatic rings. The molecule has 1 fully saturated rings. The molecule has 7 nitrogen and oxygen atoms in total. The summed E-state index contributed by atoms with van der Waals surface area (Å²) in [5, 5.41) is 11.2. The summed E-state index contributed by atoms with van der Waals surface area (Å²) in [6, 6.07) is 19.6. The van der Waals surface area contributed by atoms with Gasteiger partial charge in [-0.3, -0.25) is 14.6 Å². The predicted octanol–water partition coefficient (Wildman–Crippen LogP) is 4.03. The zero-order valence-electron chi connectivity index (χ0n) is 19.9. The molecule has 2 aromatic carbocycles. The van der Waals surface area contributed by atoms with Gasteiger partial charge < -0.3 is 19.6 Å². The fourth-order valence-corrected chi connectivity index (χ4v) is 4.16. The average molecular weight is 472 g/mol. The first-order chi connectivity index (χ1) is 17.0. The molecule has 35 heavy (non-hydrogen) atoms. The first-order valence-corrected chi connectivity index (χ1v) is 11.6. The summed E-state index contributed by atoms with van der Waals surface area (Å²) in [4.78, 5) is 33.8. The van der Waals surface area contributed by atoms with Crippen molar-refractivity contribution in [2.75, 3.05) is 27.2 Å². The van der Waals surface area contributed by atoms with Crippen LogP contribution in [0, 0.1) is 0 Å². The highest BCUT2D eigenvalue weighted by molar-refractivity contribution is 6.46. The predicted molar refractivity (Wildman–Crippen MR) is 134 cm³/mol. The Bertz CT molecular complexity index is 1190. The number of aliphatic hydroxyl groups excluding tert-OH is 1. The van der Waals surface area contributed by atoms with Crippen molar-refractivity contribution in [1.29, 1.82) is 0 Å². The lowest BCUT2D eigenvalue weighted by Gasteiger charge is -2.25. The van der Waals surface area contributed by atoms with E-state index in [-0.39, 0.29) is 11.3 Å². The number of ketones is 1. The first kappa shape index (κ1) is 24.2. The Morgan fingerprint density at radius 1 is 1.03 bits per heavy atom. The van der Waals surface area contributed by atoms with Crippen molar-refractivity contribution in [2.45, 2.75) is 19.1 Å². The maximum Gasteiger partial charge on any atom is 0.295 e. The van der Waals surface area contributed by atoms with Crippen molar-refractivity contribution < 1.29 is 19.4 Å². The molecule has 0 radical (unpaired) electrons. The molecule has 0 spiro atoms. The highest BCUT2D eigenvalue weighted by Crippen LogP contribution is 2.39. The molecular formula is C28H29N3O4. The molecule has 2 heterocycles. The number of amides is 1. The highest BCUT2D eigenvalue weighted by Gasteiger charge is 2.45. The van der Waals surface area contributed by atoms with Gasteiger partial charge in [-0.1, -0.05) is 36.4 Å². The third-order valence-electron chi connectivity index (χ3n) is 5.92. The second kappa shape index (κ2) is 11.0. The number of aliphatic hydroxyl groups is 1. The number of aromatic nitrogens is 1. The normalized spacial score (nSPS) is 17.2. The number of pyridine rings is 1. The van der Waals surface area contributed by atoms with Crippen molar-refractivity contribution in [3.63, 3.8) is 0 Å². The van der Waals surface area contributed by atoms with E-state index < -0.39 is 17.7 Å². The molecule has 1 N–H and O–H groups in total. The number of likely N-dealkylation sites (tertiary alicyclic amines) is 1. The molecular weight excluding hydrogens is 442 g/mol. The molecule has 1 aromatic heterocycles. The highest BCUT2D eigenvalue weighted by atomic mass is 16.5. The SMILES string of the molecule is CN(C)CCCN1C(=O)C(=O)C(=C(O)c2ccc(OCc3ccccc3)cc2)C1c1cccnc1. The average Bonchev–Trinajstić information content (AvgIpc) is 3.13. The first-order valence-electron chi connectivity index (χ1n) is 11.6. The Morgan fingerprint density at radius 3 is 2.43 bits per heavy atom. The molecule has 1 amide bonds. The van der Waals surface area contributed by atoms with E-state index in [4.69, 9.17) is 4.74 Å². The van der Waals surface area contributed by atoms with Crippen molar-refractivity contribution in [2.24, 2.45) is 0 Å². The van der Waals surface area contributed by atoms with Gasteiger partial charge in [-0.15, -0.1) is 0 Å². The monoisotopic (exact) mass is 471 g/mol. The zero-order chi connectivity index (χ0) is 24.8. The topological polar surface area (TPSA) is 83.0 Å². The number of nitrogens with zero attached hydrogens (tertiary/aromatic N) is 3. The maximum atomic E-state index is 13.1. The van der Waals surface area contributed by atoms with Crippen LogP contribution < -0.4 is 4.74 Å². The second-order valence-corrected chi connectivity index (χ2v) is 8.73. The number of hydrogen-bond donors (Lipinski definition) is 1. The number of carbonyl (C=O) groups excluding carboxylic acids is 2. The minimum absolute atomic E-state index is 0.0748. The number of Topliss-reactive ketones (excluding diaryl/α,β-unsaturated/α-hetero) is 1. The van der Waals surface area contributed by atoms with E-state index in [1.165, 1.54) is 4.90 Å². The van der Waals surface area contributed by atoms with Crippen molar-refractivity contribution in [1.82, 2.24) is 14.8 Å². The number of hydrogen-bond acceptors (Lipinski definition) is 6. The third kappa shape index (κ3) is 5.58. The lowest BCUT2D eigenvalue weighted by atomic mass is 9.96. The van der Waals surface area contributed by atoms with Gasteiger partial charge in [-0.25, -0.2) is 0 Å². The number of rotatable bonds is 9. The molecule has 180 valence electrons. The summed E-state index contributed by atoms with van der Waals surface area (Å²) in [6.07, 6.45) is 3.96. The van der Waals surface area contributed by atoms with E-state index in [2.05, 4.69) is 4.98 Å². The van der Waals surface area contributed by atoms with Crippen LogP contribution in [0.3, 0.4) is 0 Å². The van der Waals surface area contributed by atoms with Crippen molar-refractivity contribution in [3.8, 4) is 5.75 Å². The molecule has 1 saturated heterocycles. The van der Waals surface area contributed by atoms with Crippen LogP contribution in [0.25, 0.3) is 5.76 Å². The van der Waals surface area contributed by atoms with Crippen molar-refractivity contribution >= 4 is 17.4 Å². The van der Waals surface area contributed by atoms with Crippen LogP contribution in [0.15, 0.2) is 84.7 Å². The molecule has 1 unspecified atom stereocenters. The number of benzene rings is 2. The van der Waals surface area contributed by atoms with Crippen molar-refractivity contribution in [3.05, 3.63) is 101 Å². The van der Waals surface area contributed by atoms with E-state index in [1.54, 1.807) is 42.7 Å². The van der Waals surface area contributed by atoms with Crippen LogP contribution in [-0.4, -0.2) is 58.8 Å². The lowest BCUT2D eigenvalue weighted by molar-refractivity contribution is -0.139. The number of carbonyl (C=O) groups is 2. The summed E-state index contributed by atoms with van der Waals surface area (Å²) >= 11 is 0. The zero-order valence-corrected chi connectivity index (χ0v) is 19.9. The molecule has 0 aliphatic carbocycles. The second-order valence-electron chi connectivity index (χ2n) is 8.73. The van der Waals surface area contributed by atoms with Crippen LogP contribution in [0.1, 0.15) is 29.2 Å². The van der Waals surface area contributed by atoms with Crippen LogP contribution in [0.4, 0.5) is 0 Å². The van der Waals surface area contributed by atoms with Crippen LogP contribution >= 0.6 is 0 Å². The summed E-state index contributed by atoms with van der Waals surface area (Å²) < 4.78 is 5.82. The van der Waals surface area contributed by atoms with E-state index >= 15 is 0 Å². The summed E-state index contributed by atoms with van der Waals surface area (Å²) in [6.45, 7) is 1.59. The van der Waals surface area contributed by atoms with Gasteiger partial charge in [0.25, 0.3) is 11.7 Å². The quantitative estimate of drug-likeness (QED) is 0.288. The molecule has 1 aliphatic rings. The van der Waals surface area contributed by atoms with Crippen LogP contribution in [0.5, 0.6) is 5.75 Å². The molecule has 1 aliphatic heterocycles.